The van der Waals surface area contributed by atoms with Crippen molar-refractivity contribution in [3.8, 4) is 5.75 Å². The van der Waals surface area contributed by atoms with Gasteiger partial charge in [-0.2, -0.15) is 0 Å². The molecule has 1 atom stereocenters. The third-order valence-electron chi connectivity index (χ3n) is 3.99. The van der Waals surface area contributed by atoms with Crippen LogP contribution < -0.4 is 4.74 Å². The van der Waals surface area contributed by atoms with Gasteiger partial charge in [0.2, 0.25) is 0 Å². The van der Waals surface area contributed by atoms with Gasteiger partial charge in [-0.05, 0) is 50.6 Å². The summed E-state index contributed by atoms with van der Waals surface area (Å²) in [5.74, 6) is 0.866. The van der Waals surface area contributed by atoms with Crippen LogP contribution in [0.3, 0.4) is 0 Å². The molecule has 0 radical (unpaired) electrons. The van der Waals surface area contributed by atoms with Crippen LogP contribution in [-0.2, 0) is 4.79 Å². The molecule has 1 saturated heterocycles. The second-order valence-corrected chi connectivity index (χ2v) is 5.84. The Hall–Kier alpha value is -1.55. The Bertz CT molecular complexity index is 473. The molecule has 0 bridgehead atoms. The predicted octanol–water partition coefficient (Wildman–Crippen LogP) is 2.23. The summed E-state index contributed by atoms with van der Waals surface area (Å²) in [4.78, 5) is 16.7. The molecule has 0 N–H and O–H groups in total. The van der Waals surface area contributed by atoms with E-state index < -0.39 is 6.10 Å². The lowest BCUT2D eigenvalue weighted by atomic mass is 10.1. The van der Waals surface area contributed by atoms with Gasteiger partial charge in [-0.3, -0.25) is 4.79 Å². The number of piperazine rings is 1. The first-order valence-corrected chi connectivity index (χ1v) is 7.75. The fourth-order valence-electron chi connectivity index (χ4n) is 2.80. The number of hydrogen-bond acceptors (Lipinski definition) is 3. The molecular formula is C17H26N2O2. The Morgan fingerprint density at radius 2 is 1.71 bits per heavy atom. The Morgan fingerprint density at radius 1 is 1.14 bits per heavy atom. The van der Waals surface area contributed by atoms with Crippen LogP contribution in [-0.4, -0.2) is 54.5 Å². The number of likely N-dealkylation sites (N-methyl/N-ethyl adjacent to an activating group) is 1. The van der Waals surface area contributed by atoms with Crippen LogP contribution in [0.2, 0.25) is 0 Å². The number of benzene rings is 1. The number of rotatable bonds is 4. The zero-order chi connectivity index (χ0) is 15.4. The van der Waals surface area contributed by atoms with Crippen molar-refractivity contribution in [1.29, 1.82) is 0 Å². The first-order chi connectivity index (χ1) is 9.99. The SMILES string of the molecule is CCN1CCN(C(=O)[C@H](C)Oc2cc(C)cc(C)c2)CC1. The first kappa shape index (κ1) is 15.8. The number of carbonyl (C=O) groups excluding carboxylic acids is 1. The van der Waals surface area contributed by atoms with Crippen LogP contribution in [0, 0.1) is 13.8 Å². The van der Waals surface area contributed by atoms with E-state index in [-0.39, 0.29) is 5.91 Å². The number of carbonyl (C=O) groups is 1. The second-order valence-electron chi connectivity index (χ2n) is 5.84. The molecule has 1 amide bonds. The average Bonchev–Trinajstić information content (AvgIpc) is 2.45. The van der Waals surface area contributed by atoms with Gasteiger partial charge in [-0.1, -0.05) is 13.0 Å². The fourth-order valence-corrected chi connectivity index (χ4v) is 2.80. The van der Waals surface area contributed by atoms with E-state index in [0.29, 0.717) is 0 Å². The van der Waals surface area contributed by atoms with Crippen molar-refractivity contribution in [2.75, 3.05) is 32.7 Å². The molecule has 1 aliphatic heterocycles. The third kappa shape index (κ3) is 4.21. The zero-order valence-corrected chi connectivity index (χ0v) is 13.6. The van der Waals surface area contributed by atoms with Crippen molar-refractivity contribution >= 4 is 5.91 Å². The standard InChI is InChI=1S/C17H26N2O2/c1-5-18-6-8-19(9-7-18)17(20)15(4)21-16-11-13(2)10-14(3)12-16/h10-12,15H,5-9H2,1-4H3/t15-/m0/s1. The summed E-state index contributed by atoms with van der Waals surface area (Å²) in [6, 6.07) is 6.06. The predicted molar refractivity (Wildman–Crippen MR) is 84.7 cm³/mol. The highest BCUT2D eigenvalue weighted by atomic mass is 16.5. The van der Waals surface area contributed by atoms with E-state index in [4.69, 9.17) is 4.74 Å². The molecule has 0 spiro atoms. The monoisotopic (exact) mass is 290 g/mol. The van der Waals surface area contributed by atoms with Crippen LogP contribution >= 0.6 is 0 Å². The molecule has 1 aliphatic rings. The number of ether oxygens (including phenoxy) is 1. The molecule has 1 fully saturated rings. The summed E-state index contributed by atoms with van der Waals surface area (Å²) >= 11 is 0. The molecule has 21 heavy (non-hydrogen) atoms. The van der Waals surface area contributed by atoms with Crippen molar-refractivity contribution in [3.63, 3.8) is 0 Å². The largest absolute Gasteiger partial charge is 0.481 e. The van der Waals surface area contributed by atoms with Gasteiger partial charge in [0, 0.05) is 26.2 Å². The van der Waals surface area contributed by atoms with Crippen LogP contribution in [0.15, 0.2) is 18.2 Å². The smallest absolute Gasteiger partial charge is 0.263 e. The average molecular weight is 290 g/mol. The molecule has 2 rings (SSSR count). The molecule has 116 valence electrons. The normalized spacial score (nSPS) is 17.6. The van der Waals surface area contributed by atoms with E-state index in [9.17, 15) is 4.79 Å². The molecule has 0 saturated carbocycles. The highest BCUT2D eigenvalue weighted by Crippen LogP contribution is 2.18. The van der Waals surface area contributed by atoms with Gasteiger partial charge < -0.3 is 14.5 Å². The quantitative estimate of drug-likeness (QED) is 0.852. The molecular weight excluding hydrogens is 264 g/mol. The van der Waals surface area contributed by atoms with E-state index >= 15 is 0 Å². The van der Waals surface area contributed by atoms with E-state index in [2.05, 4.69) is 17.9 Å². The van der Waals surface area contributed by atoms with Gasteiger partial charge in [0.05, 0.1) is 0 Å². The summed E-state index contributed by atoms with van der Waals surface area (Å²) in [5, 5.41) is 0. The Kier molecular flexibility index (Phi) is 5.23. The molecule has 1 heterocycles. The van der Waals surface area contributed by atoms with E-state index in [1.54, 1.807) is 0 Å². The molecule has 1 aromatic carbocycles. The minimum Gasteiger partial charge on any atom is -0.481 e. The van der Waals surface area contributed by atoms with Gasteiger partial charge in [-0.25, -0.2) is 0 Å². The van der Waals surface area contributed by atoms with Crippen LogP contribution in [0.1, 0.15) is 25.0 Å². The second kappa shape index (κ2) is 6.94. The maximum absolute atomic E-state index is 12.4. The highest BCUT2D eigenvalue weighted by molar-refractivity contribution is 5.81. The maximum atomic E-state index is 12.4. The fraction of sp³-hybridized carbons (Fsp3) is 0.588. The highest BCUT2D eigenvalue weighted by Gasteiger charge is 2.25. The van der Waals surface area contributed by atoms with Gasteiger partial charge in [0.15, 0.2) is 6.10 Å². The molecule has 4 heteroatoms. The lowest BCUT2D eigenvalue weighted by Crippen LogP contribution is -2.51. The lowest BCUT2D eigenvalue weighted by Gasteiger charge is -2.35. The van der Waals surface area contributed by atoms with Crippen LogP contribution in [0.5, 0.6) is 5.75 Å². The number of amides is 1. The van der Waals surface area contributed by atoms with Crippen LogP contribution in [0.25, 0.3) is 0 Å². The van der Waals surface area contributed by atoms with Gasteiger partial charge in [-0.15, -0.1) is 0 Å². The van der Waals surface area contributed by atoms with Gasteiger partial charge in [0.25, 0.3) is 5.91 Å². The molecule has 1 aromatic rings. The molecule has 0 aromatic heterocycles. The minimum absolute atomic E-state index is 0.0879. The van der Waals surface area contributed by atoms with Crippen molar-refractivity contribution < 1.29 is 9.53 Å². The lowest BCUT2D eigenvalue weighted by molar-refractivity contribution is -0.139. The van der Waals surface area contributed by atoms with Crippen molar-refractivity contribution in [2.24, 2.45) is 0 Å². The first-order valence-electron chi connectivity index (χ1n) is 7.75. The summed E-state index contributed by atoms with van der Waals surface area (Å²) in [6.07, 6.45) is -0.431. The van der Waals surface area contributed by atoms with Gasteiger partial charge >= 0.3 is 0 Å². The Labute approximate surface area is 127 Å². The molecule has 0 aliphatic carbocycles. The summed E-state index contributed by atoms with van der Waals surface area (Å²) in [7, 11) is 0. The summed E-state index contributed by atoms with van der Waals surface area (Å²) < 4.78 is 5.84. The Morgan fingerprint density at radius 3 is 2.24 bits per heavy atom. The number of hydrogen-bond donors (Lipinski definition) is 0. The summed E-state index contributed by atoms with van der Waals surface area (Å²) in [5.41, 5.74) is 2.31. The van der Waals surface area contributed by atoms with E-state index in [0.717, 1.165) is 49.6 Å². The van der Waals surface area contributed by atoms with E-state index in [1.165, 1.54) is 0 Å². The van der Waals surface area contributed by atoms with E-state index in [1.807, 2.05) is 37.8 Å². The van der Waals surface area contributed by atoms with Crippen molar-refractivity contribution in [2.45, 2.75) is 33.8 Å². The topological polar surface area (TPSA) is 32.8 Å². The Balaban J connectivity index is 1.93. The zero-order valence-electron chi connectivity index (χ0n) is 13.6. The number of nitrogens with zero attached hydrogens (tertiary/aromatic N) is 2. The van der Waals surface area contributed by atoms with Crippen LogP contribution in [0.4, 0.5) is 0 Å². The minimum atomic E-state index is -0.431. The molecule has 4 nitrogen and oxygen atoms in total. The third-order valence-corrected chi connectivity index (χ3v) is 3.99. The van der Waals surface area contributed by atoms with Crippen molar-refractivity contribution in [3.05, 3.63) is 29.3 Å². The molecule has 0 unspecified atom stereocenters. The maximum Gasteiger partial charge on any atom is 0.263 e. The van der Waals surface area contributed by atoms with Gasteiger partial charge in [0.1, 0.15) is 5.75 Å². The number of aryl methyl sites for hydroxylation is 2. The summed E-state index contributed by atoms with van der Waals surface area (Å²) in [6.45, 7) is 12.6. The van der Waals surface area contributed by atoms with Crippen molar-refractivity contribution in [1.82, 2.24) is 9.80 Å².